The zero-order chi connectivity index (χ0) is 13.8. The molecule has 4 heteroatoms. The van der Waals surface area contributed by atoms with Gasteiger partial charge in [-0.2, -0.15) is 0 Å². The van der Waals surface area contributed by atoms with Crippen molar-refractivity contribution in [1.29, 1.82) is 0 Å². The third kappa shape index (κ3) is 2.86. The number of ether oxygens (including phenoxy) is 1. The van der Waals surface area contributed by atoms with Crippen LogP contribution in [0.2, 0.25) is 0 Å². The maximum absolute atomic E-state index is 10.6. The molecular weight excluding hydrogens is 230 g/mol. The minimum atomic E-state index is -0.721. The van der Waals surface area contributed by atoms with E-state index in [2.05, 4.69) is 18.7 Å². The van der Waals surface area contributed by atoms with Crippen LogP contribution in [0.15, 0.2) is 0 Å². The molecule has 1 fully saturated rings. The second-order valence-corrected chi connectivity index (χ2v) is 5.26. The Morgan fingerprint density at radius 3 is 2.44 bits per heavy atom. The summed E-state index contributed by atoms with van der Waals surface area (Å²) in [4.78, 5) is 12.9. The van der Waals surface area contributed by atoms with Crippen LogP contribution < -0.4 is 0 Å². The molecule has 2 atom stereocenters. The first-order valence-corrected chi connectivity index (χ1v) is 7.05. The Kier molecular flexibility index (Phi) is 5.60. The molecule has 0 unspecified atom stereocenters. The molecule has 1 rings (SSSR count). The van der Waals surface area contributed by atoms with Crippen molar-refractivity contribution in [3.05, 3.63) is 0 Å². The molecule has 0 aromatic carbocycles. The van der Waals surface area contributed by atoms with Gasteiger partial charge in [0.2, 0.25) is 0 Å². The van der Waals surface area contributed by atoms with E-state index < -0.39 is 5.97 Å². The van der Waals surface area contributed by atoms with Crippen LogP contribution in [-0.4, -0.2) is 48.3 Å². The normalized spacial score (nSPS) is 26.1. The number of aliphatic carboxylic acids is 1. The van der Waals surface area contributed by atoms with E-state index in [1.165, 1.54) is 0 Å². The summed E-state index contributed by atoms with van der Waals surface area (Å²) in [5, 5.41) is 8.76. The molecule has 18 heavy (non-hydrogen) atoms. The first-order valence-electron chi connectivity index (χ1n) is 7.05. The Hall–Kier alpha value is -0.610. The highest BCUT2D eigenvalue weighted by Gasteiger charge is 2.54. The molecule has 1 aliphatic rings. The average molecular weight is 257 g/mol. The second kappa shape index (κ2) is 6.53. The quantitative estimate of drug-likeness (QED) is 0.725. The molecule has 0 bridgehead atoms. The largest absolute Gasteiger partial charge is 0.481 e. The SMILES string of the molecule is CCO[C@@H]1C[C@@H](N(C)CCC(=O)O)C1(CC)CC. The van der Waals surface area contributed by atoms with E-state index in [0.29, 0.717) is 18.7 Å². The van der Waals surface area contributed by atoms with Crippen LogP contribution in [0.4, 0.5) is 0 Å². The standard InChI is InChI=1S/C14H27NO3/c1-5-14(6-2)11(10-12(14)18-7-3)15(4)9-8-13(16)17/h11-12H,5-10H2,1-4H3,(H,16,17)/t11-,12-/m1/s1. The van der Waals surface area contributed by atoms with Gasteiger partial charge in [-0.25, -0.2) is 0 Å². The van der Waals surface area contributed by atoms with Gasteiger partial charge in [-0.05, 0) is 33.2 Å². The zero-order valence-electron chi connectivity index (χ0n) is 12.1. The van der Waals surface area contributed by atoms with Crippen LogP contribution in [0.1, 0.15) is 46.5 Å². The minimum Gasteiger partial charge on any atom is -0.481 e. The molecule has 4 nitrogen and oxygen atoms in total. The van der Waals surface area contributed by atoms with E-state index in [0.717, 1.165) is 25.9 Å². The molecule has 0 spiro atoms. The molecule has 106 valence electrons. The lowest BCUT2D eigenvalue weighted by Gasteiger charge is -2.58. The van der Waals surface area contributed by atoms with Gasteiger partial charge in [0, 0.05) is 24.6 Å². The topological polar surface area (TPSA) is 49.8 Å². The van der Waals surface area contributed by atoms with E-state index in [-0.39, 0.29) is 11.8 Å². The van der Waals surface area contributed by atoms with Crippen LogP contribution in [0, 0.1) is 5.41 Å². The molecule has 0 aromatic rings. The van der Waals surface area contributed by atoms with Crippen LogP contribution in [0.3, 0.4) is 0 Å². The van der Waals surface area contributed by atoms with E-state index in [9.17, 15) is 4.79 Å². The van der Waals surface area contributed by atoms with Crippen molar-refractivity contribution in [2.75, 3.05) is 20.2 Å². The Morgan fingerprint density at radius 2 is 2.00 bits per heavy atom. The summed E-state index contributed by atoms with van der Waals surface area (Å²) < 4.78 is 5.84. The highest BCUT2D eigenvalue weighted by Crippen LogP contribution is 2.51. The van der Waals surface area contributed by atoms with Gasteiger partial charge < -0.3 is 14.7 Å². The third-order valence-electron chi connectivity index (χ3n) is 4.64. The minimum absolute atomic E-state index is 0.212. The fourth-order valence-electron chi connectivity index (χ4n) is 3.38. The molecule has 0 heterocycles. The van der Waals surface area contributed by atoms with Crippen molar-refractivity contribution < 1.29 is 14.6 Å². The molecule has 1 saturated carbocycles. The van der Waals surface area contributed by atoms with Gasteiger partial charge in [-0.1, -0.05) is 13.8 Å². The third-order valence-corrected chi connectivity index (χ3v) is 4.64. The summed E-state index contributed by atoms with van der Waals surface area (Å²) in [6.07, 6.45) is 3.78. The van der Waals surface area contributed by atoms with Gasteiger partial charge in [-0.3, -0.25) is 4.79 Å². The lowest BCUT2D eigenvalue weighted by Crippen LogP contribution is -2.63. The summed E-state index contributed by atoms with van der Waals surface area (Å²) in [5.41, 5.74) is 0.212. The molecule has 0 aliphatic heterocycles. The Labute approximate surface area is 110 Å². The van der Waals surface area contributed by atoms with Crippen molar-refractivity contribution in [2.45, 2.75) is 58.6 Å². The summed E-state index contributed by atoms with van der Waals surface area (Å²) in [6, 6.07) is 0.461. The van der Waals surface area contributed by atoms with Gasteiger partial charge in [0.25, 0.3) is 0 Å². The number of carboxylic acids is 1. The highest BCUT2D eigenvalue weighted by atomic mass is 16.5. The number of nitrogens with zero attached hydrogens (tertiary/aromatic N) is 1. The fourth-order valence-corrected chi connectivity index (χ4v) is 3.38. The van der Waals surface area contributed by atoms with Crippen molar-refractivity contribution in [2.24, 2.45) is 5.41 Å². The van der Waals surface area contributed by atoms with E-state index >= 15 is 0 Å². The van der Waals surface area contributed by atoms with Crippen LogP contribution in [-0.2, 0) is 9.53 Å². The van der Waals surface area contributed by atoms with Crippen LogP contribution in [0.5, 0.6) is 0 Å². The number of hydrogen-bond donors (Lipinski definition) is 1. The smallest absolute Gasteiger partial charge is 0.304 e. The molecule has 1 N–H and O–H groups in total. The number of carbonyl (C=O) groups is 1. The Morgan fingerprint density at radius 1 is 1.39 bits per heavy atom. The molecule has 0 aromatic heterocycles. The van der Waals surface area contributed by atoms with Crippen LogP contribution >= 0.6 is 0 Å². The van der Waals surface area contributed by atoms with E-state index in [1.54, 1.807) is 0 Å². The maximum Gasteiger partial charge on any atom is 0.304 e. The number of hydrogen-bond acceptors (Lipinski definition) is 3. The lowest BCUT2D eigenvalue weighted by molar-refractivity contribution is -0.168. The summed E-state index contributed by atoms with van der Waals surface area (Å²) in [5.74, 6) is -0.721. The first kappa shape index (κ1) is 15.4. The van der Waals surface area contributed by atoms with E-state index in [4.69, 9.17) is 9.84 Å². The molecule has 0 radical (unpaired) electrons. The lowest BCUT2D eigenvalue weighted by atomic mass is 9.58. The van der Waals surface area contributed by atoms with Crippen molar-refractivity contribution in [3.63, 3.8) is 0 Å². The monoisotopic (exact) mass is 257 g/mol. The maximum atomic E-state index is 10.6. The number of rotatable bonds is 8. The first-order chi connectivity index (χ1) is 8.51. The zero-order valence-corrected chi connectivity index (χ0v) is 12.1. The van der Waals surface area contributed by atoms with Gasteiger partial charge in [0.1, 0.15) is 0 Å². The molecular formula is C14H27NO3. The highest BCUT2D eigenvalue weighted by molar-refractivity contribution is 5.66. The van der Waals surface area contributed by atoms with E-state index in [1.807, 2.05) is 14.0 Å². The summed E-state index contributed by atoms with van der Waals surface area (Å²) >= 11 is 0. The Bertz CT molecular complexity index is 276. The van der Waals surface area contributed by atoms with Crippen molar-refractivity contribution in [1.82, 2.24) is 4.90 Å². The summed E-state index contributed by atoms with van der Waals surface area (Å²) in [6.45, 7) is 7.86. The number of carboxylic acid groups (broad SMARTS) is 1. The van der Waals surface area contributed by atoms with Gasteiger partial charge >= 0.3 is 5.97 Å². The predicted molar refractivity (Wildman–Crippen MR) is 71.7 cm³/mol. The average Bonchev–Trinajstić information content (AvgIpc) is 2.33. The molecule has 1 aliphatic carbocycles. The van der Waals surface area contributed by atoms with Crippen molar-refractivity contribution >= 4 is 5.97 Å². The van der Waals surface area contributed by atoms with Crippen molar-refractivity contribution in [3.8, 4) is 0 Å². The van der Waals surface area contributed by atoms with Gasteiger partial charge in [0.05, 0.1) is 12.5 Å². The second-order valence-electron chi connectivity index (χ2n) is 5.26. The molecule has 0 amide bonds. The Balaban J connectivity index is 2.63. The fraction of sp³-hybridized carbons (Fsp3) is 0.929. The van der Waals surface area contributed by atoms with Crippen LogP contribution in [0.25, 0.3) is 0 Å². The van der Waals surface area contributed by atoms with Gasteiger partial charge in [-0.15, -0.1) is 0 Å². The summed E-state index contributed by atoms with van der Waals surface area (Å²) in [7, 11) is 2.04. The predicted octanol–water partition coefficient (Wildman–Crippen LogP) is 2.38. The molecule has 0 saturated heterocycles. The van der Waals surface area contributed by atoms with Gasteiger partial charge in [0.15, 0.2) is 0 Å².